The van der Waals surface area contributed by atoms with Gasteiger partial charge >= 0.3 is 0 Å². The molecule has 2 aliphatic rings. The molecule has 0 spiro atoms. The monoisotopic (exact) mass is 295 g/mol. The molecule has 1 saturated carbocycles. The first-order valence-corrected chi connectivity index (χ1v) is 9.11. The van der Waals surface area contributed by atoms with E-state index in [1.54, 1.807) is 17.3 Å². The maximum absolute atomic E-state index is 5.18. The lowest BCUT2D eigenvalue weighted by atomic mass is 9.67. The molecule has 1 heterocycles. The molecule has 0 saturated heterocycles. The molecule has 1 fully saturated rings. The van der Waals surface area contributed by atoms with Crippen molar-refractivity contribution in [1.29, 1.82) is 0 Å². The SMILES string of the molecule is CSC1=N[C@]2(C)CCCC[C@@H]2c2c1ccc1ccccc21. The van der Waals surface area contributed by atoms with Gasteiger partial charge in [0.2, 0.25) is 0 Å². The van der Waals surface area contributed by atoms with E-state index in [9.17, 15) is 0 Å². The quantitative estimate of drug-likeness (QED) is 0.635. The maximum atomic E-state index is 5.18. The number of thioether (sulfide) groups is 1. The van der Waals surface area contributed by atoms with Crippen LogP contribution in [0.25, 0.3) is 10.8 Å². The molecule has 0 radical (unpaired) electrons. The first kappa shape index (κ1) is 13.4. The summed E-state index contributed by atoms with van der Waals surface area (Å²) in [5.74, 6) is 0.586. The minimum atomic E-state index is 0.105. The summed E-state index contributed by atoms with van der Waals surface area (Å²) in [4.78, 5) is 5.18. The van der Waals surface area contributed by atoms with Crippen LogP contribution in [0.15, 0.2) is 41.4 Å². The Morgan fingerprint density at radius 1 is 1.14 bits per heavy atom. The van der Waals surface area contributed by atoms with Gasteiger partial charge in [0.1, 0.15) is 0 Å². The van der Waals surface area contributed by atoms with Crippen LogP contribution in [-0.2, 0) is 0 Å². The van der Waals surface area contributed by atoms with Gasteiger partial charge < -0.3 is 0 Å². The first-order valence-electron chi connectivity index (χ1n) is 7.89. The number of benzene rings is 2. The highest BCUT2D eigenvalue weighted by Gasteiger charge is 2.42. The van der Waals surface area contributed by atoms with Crippen molar-refractivity contribution in [3.05, 3.63) is 47.5 Å². The first-order chi connectivity index (χ1) is 10.2. The van der Waals surface area contributed by atoms with Gasteiger partial charge in [-0.15, -0.1) is 11.8 Å². The van der Waals surface area contributed by atoms with Gasteiger partial charge in [0.05, 0.1) is 10.6 Å². The zero-order valence-electron chi connectivity index (χ0n) is 12.7. The number of fused-ring (bicyclic) bond motifs is 5. The Hall–Kier alpha value is -1.28. The summed E-state index contributed by atoms with van der Waals surface area (Å²) in [6.45, 7) is 2.37. The lowest BCUT2D eigenvalue weighted by molar-refractivity contribution is 0.275. The third-order valence-electron chi connectivity index (χ3n) is 5.28. The molecule has 4 rings (SSSR count). The van der Waals surface area contributed by atoms with Crippen LogP contribution in [0.5, 0.6) is 0 Å². The number of aliphatic imine (C=N–C) groups is 1. The van der Waals surface area contributed by atoms with Crippen molar-refractivity contribution in [2.75, 3.05) is 6.26 Å². The normalized spacial score (nSPS) is 27.9. The third-order valence-corrected chi connectivity index (χ3v) is 5.97. The fourth-order valence-electron chi connectivity index (χ4n) is 4.21. The van der Waals surface area contributed by atoms with Gasteiger partial charge in [-0.2, -0.15) is 0 Å². The Morgan fingerprint density at radius 3 is 2.86 bits per heavy atom. The van der Waals surface area contributed by atoms with E-state index < -0.39 is 0 Å². The summed E-state index contributed by atoms with van der Waals surface area (Å²) in [5, 5.41) is 4.04. The number of nitrogens with zero attached hydrogens (tertiary/aromatic N) is 1. The van der Waals surface area contributed by atoms with Gasteiger partial charge in [-0.25, -0.2) is 0 Å². The van der Waals surface area contributed by atoms with Gasteiger partial charge in [0.25, 0.3) is 0 Å². The van der Waals surface area contributed by atoms with E-state index in [1.165, 1.54) is 47.1 Å². The number of hydrogen-bond donors (Lipinski definition) is 0. The van der Waals surface area contributed by atoms with Crippen LogP contribution in [0, 0.1) is 0 Å². The predicted octanol–water partition coefficient (Wildman–Crippen LogP) is 5.38. The van der Waals surface area contributed by atoms with Crippen LogP contribution in [0.3, 0.4) is 0 Å². The van der Waals surface area contributed by atoms with Crippen LogP contribution >= 0.6 is 11.8 Å². The second-order valence-corrected chi connectivity index (χ2v) is 7.32. The highest BCUT2D eigenvalue weighted by atomic mass is 32.2. The van der Waals surface area contributed by atoms with Crippen molar-refractivity contribution >= 4 is 27.6 Å². The van der Waals surface area contributed by atoms with Crippen molar-refractivity contribution in [1.82, 2.24) is 0 Å². The number of rotatable bonds is 0. The molecule has 1 aliphatic heterocycles. The molecule has 0 unspecified atom stereocenters. The summed E-state index contributed by atoms with van der Waals surface area (Å²) < 4.78 is 0. The standard InChI is InChI=1S/C19H21NS/c1-19-12-6-5-9-16(19)17-14-8-4-3-7-13(14)10-11-15(17)18(20-19)21-2/h3-4,7-8,10-11,16H,5-6,9,12H2,1-2H3/t16-,19-/m1/s1. The molecule has 2 aromatic carbocycles. The summed E-state index contributed by atoms with van der Waals surface area (Å²) in [5.41, 5.74) is 3.05. The van der Waals surface area contributed by atoms with Gasteiger partial charge in [0, 0.05) is 11.5 Å². The highest BCUT2D eigenvalue weighted by molar-refractivity contribution is 8.13. The summed E-state index contributed by atoms with van der Waals surface area (Å²) >= 11 is 1.80. The van der Waals surface area contributed by atoms with Gasteiger partial charge in [-0.3, -0.25) is 4.99 Å². The molecule has 0 N–H and O–H groups in total. The summed E-state index contributed by atoms with van der Waals surface area (Å²) in [6.07, 6.45) is 7.32. The van der Waals surface area contributed by atoms with Gasteiger partial charge in [-0.1, -0.05) is 49.2 Å². The maximum Gasteiger partial charge on any atom is 0.0984 e. The molecule has 1 nitrogen and oxygen atoms in total. The van der Waals surface area contributed by atoms with E-state index in [-0.39, 0.29) is 5.54 Å². The van der Waals surface area contributed by atoms with Crippen molar-refractivity contribution in [3.63, 3.8) is 0 Å². The van der Waals surface area contributed by atoms with Gasteiger partial charge in [-0.05, 0) is 42.4 Å². The second kappa shape index (κ2) is 4.88. The fraction of sp³-hybridized carbons (Fsp3) is 0.421. The Labute approximate surface area is 130 Å². The topological polar surface area (TPSA) is 12.4 Å². The van der Waals surface area contributed by atoms with E-state index in [0.29, 0.717) is 5.92 Å². The van der Waals surface area contributed by atoms with Crippen LogP contribution in [0.1, 0.15) is 49.7 Å². The number of hydrogen-bond acceptors (Lipinski definition) is 2. The van der Waals surface area contributed by atoms with Crippen LogP contribution < -0.4 is 0 Å². The van der Waals surface area contributed by atoms with E-state index in [0.717, 1.165) is 0 Å². The molecular weight excluding hydrogens is 274 g/mol. The molecule has 1 aliphatic carbocycles. The minimum absolute atomic E-state index is 0.105. The molecular formula is C19H21NS. The van der Waals surface area contributed by atoms with Crippen LogP contribution in [0.4, 0.5) is 0 Å². The lowest BCUT2D eigenvalue weighted by Crippen LogP contribution is -2.38. The molecule has 0 bridgehead atoms. The van der Waals surface area contributed by atoms with E-state index >= 15 is 0 Å². The van der Waals surface area contributed by atoms with E-state index in [4.69, 9.17) is 4.99 Å². The predicted molar refractivity (Wildman–Crippen MR) is 93.6 cm³/mol. The Morgan fingerprint density at radius 2 is 2.00 bits per heavy atom. The van der Waals surface area contributed by atoms with Crippen LogP contribution in [-0.4, -0.2) is 16.8 Å². The molecule has 108 valence electrons. The molecule has 2 atom stereocenters. The molecule has 0 amide bonds. The molecule has 2 heteroatoms. The lowest BCUT2D eigenvalue weighted by Gasteiger charge is -2.43. The Kier molecular flexibility index (Phi) is 3.11. The zero-order valence-corrected chi connectivity index (χ0v) is 13.5. The largest absolute Gasteiger partial charge is 0.271 e. The average molecular weight is 295 g/mol. The Balaban J connectivity index is 2.04. The van der Waals surface area contributed by atoms with Gasteiger partial charge in [0.15, 0.2) is 0 Å². The van der Waals surface area contributed by atoms with Crippen molar-refractivity contribution in [2.24, 2.45) is 4.99 Å². The summed E-state index contributed by atoms with van der Waals surface area (Å²) in [6, 6.07) is 13.4. The van der Waals surface area contributed by atoms with Crippen molar-refractivity contribution in [2.45, 2.75) is 44.1 Å². The smallest absolute Gasteiger partial charge is 0.0984 e. The van der Waals surface area contributed by atoms with Crippen molar-refractivity contribution in [3.8, 4) is 0 Å². The third kappa shape index (κ3) is 1.96. The summed E-state index contributed by atoms with van der Waals surface area (Å²) in [7, 11) is 0. The van der Waals surface area contributed by atoms with E-state index in [2.05, 4.69) is 49.6 Å². The van der Waals surface area contributed by atoms with E-state index in [1.807, 2.05) is 0 Å². The minimum Gasteiger partial charge on any atom is -0.271 e. The van der Waals surface area contributed by atoms with Crippen LogP contribution in [0.2, 0.25) is 0 Å². The zero-order chi connectivity index (χ0) is 14.4. The second-order valence-electron chi connectivity index (χ2n) is 6.52. The average Bonchev–Trinajstić information content (AvgIpc) is 2.53. The Bertz CT molecular complexity index is 733. The molecule has 21 heavy (non-hydrogen) atoms. The highest BCUT2D eigenvalue weighted by Crippen LogP contribution is 2.50. The fourth-order valence-corrected chi connectivity index (χ4v) is 4.91. The molecule has 0 aromatic heterocycles. The molecule has 2 aromatic rings. The van der Waals surface area contributed by atoms with Crippen molar-refractivity contribution < 1.29 is 0 Å².